The lowest BCUT2D eigenvalue weighted by Gasteiger charge is -2.03. The van der Waals surface area contributed by atoms with Gasteiger partial charge in [0.25, 0.3) is 0 Å². The number of amides is 1. The average Bonchev–Trinajstić information content (AvgIpc) is 2.19. The predicted octanol–water partition coefficient (Wildman–Crippen LogP) is 1.60. The van der Waals surface area contributed by atoms with Crippen LogP contribution in [0.4, 0.5) is 21.5 Å². The number of rotatable bonds is 3. The molecule has 0 radical (unpaired) electrons. The van der Waals surface area contributed by atoms with Crippen LogP contribution in [-0.2, 0) is 4.79 Å². The van der Waals surface area contributed by atoms with E-state index in [1.165, 1.54) is 0 Å². The largest absolute Gasteiger partial charge is 0.349 e. The molecule has 1 aromatic carbocycles. The first kappa shape index (κ1) is 12.5. The summed E-state index contributed by atoms with van der Waals surface area (Å²) >= 11 is 0. The van der Waals surface area contributed by atoms with Gasteiger partial charge in [-0.25, -0.2) is 4.39 Å². The summed E-state index contributed by atoms with van der Waals surface area (Å²) in [7, 11) is 0. The molecule has 0 saturated heterocycles. The van der Waals surface area contributed by atoms with E-state index in [0.717, 1.165) is 6.92 Å². The molecule has 0 aliphatic carbocycles. The van der Waals surface area contributed by atoms with Gasteiger partial charge in [-0.15, -0.1) is 0 Å². The number of nitro benzene ring substituents is 2. The van der Waals surface area contributed by atoms with Crippen molar-refractivity contribution in [3.63, 3.8) is 0 Å². The highest BCUT2D eigenvalue weighted by atomic mass is 19.1. The van der Waals surface area contributed by atoms with Gasteiger partial charge in [-0.3, -0.25) is 25.0 Å². The molecule has 0 bridgehead atoms. The van der Waals surface area contributed by atoms with Gasteiger partial charge in [-0.1, -0.05) is 0 Å². The first-order valence-corrected chi connectivity index (χ1v) is 4.23. The van der Waals surface area contributed by atoms with E-state index in [1.54, 1.807) is 0 Å². The zero-order valence-electron chi connectivity index (χ0n) is 8.47. The molecule has 1 aromatic rings. The maximum absolute atomic E-state index is 13.3. The van der Waals surface area contributed by atoms with Crippen molar-refractivity contribution in [2.45, 2.75) is 6.92 Å². The van der Waals surface area contributed by atoms with Crippen molar-refractivity contribution in [3.8, 4) is 0 Å². The number of hydrogen-bond acceptors (Lipinski definition) is 5. The first-order valence-electron chi connectivity index (χ1n) is 4.23. The number of carbonyl (C=O) groups is 1. The zero-order valence-corrected chi connectivity index (χ0v) is 8.47. The normalized spacial score (nSPS) is 9.76. The fourth-order valence-corrected chi connectivity index (χ4v) is 1.13. The molecule has 0 unspecified atom stereocenters. The average molecular weight is 243 g/mol. The summed E-state index contributed by atoms with van der Waals surface area (Å²) in [4.78, 5) is 29.6. The second-order valence-corrected chi connectivity index (χ2v) is 3.02. The first-order chi connectivity index (χ1) is 7.82. The Kier molecular flexibility index (Phi) is 3.31. The number of carbonyl (C=O) groups excluding carboxylic acids is 1. The highest BCUT2D eigenvalue weighted by Gasteiger charge is 2.27. The Bertz CT molecular complexity index is 516. The summed E-state index contributed by atoms with van der Waals surface area (Å²) in [5, 5.41) is 23.0. The molecule has 0 saturated carbocycles. The van der Waals surface area contributed by atoms with Crippen LogP contribution in [-0.4, -0.2) is 15.8 Å². The van der Waals surface area contributed by atoms with Crippen LogP contribution in [0.3, 0.4) is 0 Å². The number of anilines is 1. The second-order valence-electron chi connectivity index (χ2n) is 3.02. The minimum Gasteiger partial charge on any atom is -0.324 e. The van der Waals surface area contributed by atoms with E-state index < -0.39 is 38.6 Å². The molecule has 0 spiro atoms. The molecule has 90 valence electrons. The minimum absolute atomic E-state index is 0.392. The van der Waals surface area contributed by atoms with Crippen molar-refractivity contribution < 1.29 is 19.0 Å². The van der Waals surface area contributed by atoms with Crippen molar-refractivity contribution in [1.82, 2.24) is 0 Å². The van der Waals surface area contributed by atoms with Gasteiger partial charge in [-0.2, -0.15) is 0 Å². The fourth-order valence-electron chi connectivity index (χ4n) is 1.13. The molecule has 9 heteroatoms. The van der Waals surface area contributed by atoms with Gasteiger partial charge in [0.15, 0.2) is 5.82 Å². The van der Waals surface area contributed by atoms with E-state index >= 15 is 0 Å². The fraction of sp³-hybridized carbons (Fsp3) is 0.125. The molecule has 1 N–H and O–H groups in total. The molecule has 0 heterocycles. The molecule has 1 amide bonds. The van der Waals surface area contributed by atoms with Crippen LogP contribution in [0, 0.1) is 26.0 Å². The van der Waals surface area contributed by atoms with Gasteiger partial charge in [-0.05, 0) is 0 Å². The summed E-state index contributed by atoms with van der Waals surface area (Å²) in [6, 6.07) is 0.998. The van der Waals surface area contributed by atoms with Gasteiger partial charge in [0.1, 0.15) is 0 Å². The summed E-state index contributed by atoms with van der Waals surface area (Å²) in [5.74, 6) is -1.76. The van der Waals surface area contributed by atoms with Crippen molar-refractivity contribution in [1.29, 1.82) is 0 Å². The summed E-state index contributed by atoms with van der Waals surface area (Å²) in [6.07, 6.45) is 0. The van der Waals surface area contributed by atoms with Gasteiger partial charge in [0, 0.05) is 6.92 Å². The molecule has 0 atom stereocenters. The van der Waals surface area contributed by atoms with Crippen LogP contribution in [0.25, 0.3) is 0 Å². The molecule has 0 aliphatic heterocycles. The van der Waals surface area contributed by atoms with E-state index in [1.807, 2.05) is 5.32 Å². The minimum atomic E-state index is -1.11. The zero-order chi connectivity index (χ0) is 13.2. The lowest BCUT2D eigenvalue weighted by atomic mass is 10.2. The van der Waals surface area contributed by atoms with Crippen LogP contribution >= 0.6 is 0 Å². The second kappa shape index (κ2) is 4.51. The van der Waals surface area contributed by atoms with E-state index in [-0.39, 0.29) is 0 Å². The van der Waals surface area contributed by atoms with E-state index in [4.69, 9.17) is 0 Å². The van der Waals surface area contributed by atoms with E-state index in [2.05, 4.69) is 0 Å². The van der Waals surface area contributed by atoms with Crippen molar-refractivity contribution >= 4 is 23.0 Å². The van der Waals surface area contributed by atoms with Gasteiger partial charge in [0.05, 0.1) is 27.7 Å². The van der Waals surface area contributed by atoms with Gasteiger partial charge < -0.3 is 5.32 Å². The van der Waals surface area contributed by atoms with Crippen LogP contribution in [0.15, 0.2) is 12.1 Å². The number of nitrogens with zero attached hydrogens (tertiary/aromatic N) is 2. The highest BCUT2D eigenvalue weighted by molar-refractivity contribution is 5.89. The Hall–Kier alpha value is -2.58. The van der Waals surface area contributed by atoms with Gasteiger partial charge >= 0.3 is 11.4 Å². The third-order valence-electron chi connectivity index (χ3n) is 1.77. The standard InChI is InChI=1S/C8H6FN3O5/c1-4(13)10-6-3-8(12(16)17)7(11(14)15)2-5(6)9/h2-3H,1H3,(H,10,13). The molecular weight excluding hydrogens is 237 g/mol. The quantitative estimate of drug-likeness (QED) is 0.639. The van der Waals surface area contributed by atoms with Crippen LogP contribution in [0.2, 0.25) is 0 Å². The number of hydrogen-bond donors (Lipinski definition) is 1. The van der Waals surface area contributed by atoms with Crippen LogP contribution in [0.5, 0.6) is 0 Å². The lowest BCUT2D eigenvalue weighted by Crippen LogP contribution is -2.09. The molecule has 1 rings (SSSR count). The van der Waals surface area contributed by atoms with Crippen molar-refractivity contribution in [2.24, 2.45) is 0 Å². The lowest BCUT2D eigenvalue weighted by molar-refractivity contribution is -0.422. The molecule has 0 aromatic heterocycles. The summed E-state index contributed by atoms with van der Waals surface area (Å²) in [6.45, 7) is 1.08. The molecule has 17 heavy (non-hydrogen) atoms. The Morgan fingerprint density at radius 1 is 1.24 bits per heavy atom. The van der Waals surface area contributed by atoms with E-state index in [9.17, 15) is 29.4 Å². The smallest absolute Gasteiger partial charge is 0.324 e. The third-order valence-corrected chi connectivity index (χ3v) is 1.77. The van der Waals surface area contributed by atoms with Gasteiger partial charge in [0.2, 0.25) is 5.91 Å². The number of nitro groups is 2. The summed E-state index contributed by atoms with van der Waals surface area (Å²) in [5.41, 5.74) is -2.34. The third kappa shape index (κ3) is 2.71. The van der Waals surface area contributed by atoms with Crippen molar-refractivity contribution in [3.05, 3.63) is 38.2 Å². The highest BCUT2D eigenvalue weighted by Crippen LogP contribution is 2.31. The topological polar surface area (TPSA) is 115 Å². The number of nitrogens with one attached hydrogen (secondary N) is 1. The SMILES string of the molecule is CC(=O)Nc1cc([N+](=O)[O-])c([N+](=O)[O-])cc1F. The maximum Gasteiger partial charge on any atom is 0.349 e. The molecule has 0 fully saturated rings. The van der Waals surface area contributed by atoms with Crippen LogP contribution < -0.4 is 5.32 Å². The predicted molar refractivity (Wildman–Crippen MR) is 54.0 cm³/mol. The van der Waals surface area contributed by atoms with Crippen LogP contribution in [0.1, 0.15) is 6.92 Å². The Morgan fingerprint density at radius 3 is 2.12 bits per heavy atom. The number of benzene rings is 1. The molecule has 8 nitrogen and oxygen atoms in total. The van der Waals surface area contributed by atoms with Crippen molar-refractivity contribution in [2.75, 3.05) is 5.32 Å². The monoisotopic (exact) mass is 243 g/mol. The molecular formula is C8H6FN3O5. The Balaban J connectivity index is 3.39. The maximum atomic E-state index is 13.3. The Labute approximate surface area is 93.3 Å². The van der Waals surface area contributed by atoms with E-state index in [0.29, 0.717) is 12.1 Å². The number of halogens is 1. The molecule has 0 aliphatic rings. The Morgan fingerprint density at radius 2 is 1.71 bits per heavy atom. The summed E-state index contributed by atoms with van der Waals surface area (Å²) < 4.78 is 13.3.